The van der Waals surface area contributed by atoms with Gasteiger partial charge in [0.1, 0.15) is 12.4 Å². The Bertz CT molecular complexity index is 531. The molecule has 5 nitrogen and oxygen atoms in total. The molecular weight excluding hydrogens is 264 g/mol. The number of ether oxygens (including phenoxy) is 1. The highest BCUT2D eigenvalue weighted by Gasteiger charge is 2.09. The molecule has 0 radical (unpaired) electrons. The van der Waals surface area contributed by atoms with Crippen LogP contribution in [0.2, 0.25) is 0 Å². The third-order valence-corrected chi connectivity index (χ3v) is 3.20. The zero-order chi connectivity index (χ0) is 15.1. The quantitative estimate of drug-likeness (QED) is 0.731. The van der Waals surface area contributed by atoms with Crippen molar-refractivity contribution in [3.63, 3.8) is 0 Å². The lowest BCUT2D eigenvalue weighted by molar-refractivity contribution is 0.0735. The van der Waals surface area contributed by atoms with Gasteiger partial charge in [-0.25, -0.2) is 9.97 Å². The van der Waals surface area contributed by atoms with E-state index < -0.39 is 0 Å². The van der Waals surface area contributed by atoms with Gasteiger partial charge in [-0.15, -0.1) is 0 Å². The van der Waals surface area contributed by atoms with Crippen molar-refractivity contribution >= 4 is 0 Å². The first-order valence-electron chi connectivity index (χ1n) is 7.41. The maximum atomic E-state index is 5.73. The zero-order valence-electron chi connectivity index (χ0n) is 13.1. The minimum atomic E-state index is 0.406. The van der Waals surface area contributed by atoms with Gasteiger partial charge in [0.05, 0.1) is 6.20 Å². The van der Waals surface area contributed by atoms with Crippen molar-refractivity contribution in [1.82, 2.24) is 19.5 Å². The van der Waals surface area contributed by atoms with Gasteiger partial charge in [-0.05, 0) is 18.3 Å². The van der Waals surface area contributed by atoms with Crippen LogP contribution in [0.3, 0.4) is 0 Å². The van der Waals surface area contributed by atoms with E-state index in [2.05, 4.69) is 35.7 Å². The Hall–Kier alpha value is -1.75. The standard InChI is InChI=1S/C16H24N4O/c1-16(2,3)6-4-5-11-21-13-20-10-9-19-15(20)14-12-17-7-8-18-14/h7-10,12H,4-6,11,13H2,1-3H3. The van der Waals surface area contributed by atoms with Crippen LogP contribution < -0.4 is 0 Å². The Balaban J connectivity index is 1.76. The molecule has 0 saturated carbocycles. The SMILES string of the molecule is CC(C)(C)CCCCOCn1ccnc1-c1cnccn1. The summed E-state index contributed by atoms with van der Waals surface area (Å²) >= 11 is 0. The van der Waals surface area contributed by atoms with Crippen LogP contribution in [-0.4, -0.2) is 26.1 Å². The van der Waals surface area contributed by atoms with Gasteiger partial charge in [0.2, 0.25) is 0 Å². The Morgan fingerprint density at radius 1 is 1.10 bits per heavy atom. The largest absolute Gasteiger partial charge is 0.361 e. The summed E-state index contributed by atoms with van der Waals surface area (Å²) in [4.78, 5) is 12.6. The van der Waals surface area contributed by atoms with Crippen LogP contribution in [0.1, 0.15) is 40.0 Å². The molecule has 0 unspecified atom stereocenters. The lowest BCUT2D eigenvalue weighted by Gasteiger charge is -2.17. The van der Waals surface area contributed by atoms with Crippen molar-refractivity contribution in [2.24, 2.45) is 5.41 Å². The summed E-state index contributed by atoms with van der Waals surface area (Å²) in [5, 5.41) is 0. The van der Waals surface area contributed by atoms with E-state index in [1.54, 1.807) is 24.8 Å². The van der Waals surface area contributed by atoms with E-state index >= 15 is 0 Å². The fraction of sp³-hybridized carbons (Fsp3) is 0.562. The maximum Gasteiger partial charge on any atom is 0.162 e. The number of rotatable bonds is 7. The second-order valence-electron chi connectivity index (χ2n) is 6.37. The molecule has 114 valence electrons. The maximum absolute atomic E-state index is 5.73. The van der Waals surface area contributed by atoms with Gasteiger partial charge in [-0.2, -0.15) is 0 Å². The molecule has 0 amide bonds. The van der Waals surface area contributed by atoms with Crippen molar-refractivity contribution in [3.8, 4) is 11.5 Å². The average Bonchev–Trinajstić information content (AvgIpc) is 2.91. The van der Waals surface area contributed by atoms with Gasteiger partial charge in [0.15, 0.2) is 5.82 Å². The van der Waals surface area contributed by atoms with Crippen molar-refractivity contribution in [1.29, 1.82) is 0 Å². The third kappa shape index (κ3) is 5.27. The average molecular weight is 288 g/mol. The van der Waals surface area contributed by atoms with Gasteiger partial charge < -0.3 is 9.30 Å². The van der Waals surface area contributed by atoms with E-state index in [4.69, 9.17) is 4.74 Å². The molecule has 2 aromatic heterocycles. The van der Waals surface area contributed by atoms with Crippen LogP contribution in [0.5, 0.6) is 0 Å². The predicted molar refractivity (Wildman–Crippen MR) is 82.5 cm³/mol. The molecule has 0 fully saturated rings. The van der Waals surface area contributed by atoms with E-state index in [1.807, 2.05) is 10.8 Å². The van der Waals surface area contributed by atoms with Gasteiger partial charge in [0, 0.05) is 31.4 Å². The van der Waals surface area contributed by atoms with Crippen LogP contribution in [0, 0.1) is 5.41 Å². The van der Waals surface area contributed by atoms with Crippen molar-refractivity contribution in [2.45, 2.75) is 46.8 Å². The fourth-order valence-electron chi connectivity index (χ4n) is 2.08. The van der Waals surface area contributed by atoms with Gasteiger partial charge >= 0.3 is 0 Å². The van der Waals surface area contributed by atoms with E-state index in [1.165, 1.54) is 12.8 Å². The topological polar surface area (TPSA) is 52.8 Å². The second kappa shape index (κ2) is 7.31. The molecule has 0 aromatic carbocycles. The van der Waals surface area contributed by atoms with Gasteiger partial charge in [0.25, 0.3) is 0 Å². The fourth-order valence-corrected chi connectivity index (χ4v) is 2.08. The highest BCUT2D eigenvalue weighted by molar-refractivity contribution is 5.47. The van der Waals surface area contributed by atoms with Crippen molar-refractivity contribution < 1.29 is 4.74 Å². The van der Waals surface area contributed by atoms with Gasteiger partial charge in [-0.3, -0.25) is 4.98 Å². The molecular formula is C16H24N4O. The third-order valence-electron chi connectivity index (χ3n) is 3.20. The minimum absolute atomic E-state index is 0.406. The van der Waals surface area contributed by atoms with Crippen molar-refractivity contribution in [2.75, 3.05) is 6.61 Å². The molecule has 0 aliphatic carbocycles. The number of hydrogen-bond acceptors (Lipinski definition) is 4. The number of aromatic nitrogens is 4. The van der Waals surface area contributed by atoms with Crippen molar-refractivity contribution in [3.05, 3.63) is 31.0 Å². The monoisotopic (exact) mass is 288 g/mol. The van der Waals surface area contributed by atoms with Crippen LogP contribution in [0.25, 0.3) is 11.5 Å². The molecule has 2 heterocycles. The van der Waals surface area contributed by atoms with Crippen LogP contribution in [0.4, 0.5) is 0 Å². The number of hydrogen-bond donors (Lipinski definition) is 0. The summed E-state index contributed by atoms with van der Waals surface area (Å²) in [6.07, 6.45) is 12.2. The summed E-state index contributed by atoms with van der Waals surface area (Å²) in [6.45, 7) is 8.08. The molecule has 0 saturated heterocycles. The van der Waals surface area contributed by atoms with E-state index in [-0.39, 0.29) is 0 Å². The summed E-state index contributed by atoms with van der Waals surface area (Å²) in [6, 6.07) is 0. The van der Waals surface area contributed by atoms with E-state index in [0.29, 0.717) is 12.1 Å². The minimum Gasteiger partial charge on any atom is -0.361 e. The van der Waals surface area contributed by atoms with Crippen LogP contribution >= 0.6 is 0 Å². The first-order valence-corrected chi connectivity index (χ1v) is 7.41. The molecule has 2 rings (SSSR count). The van der Waals surface area contributed by atoms with E-state index in [9.17, 15) is 0 Å². The first-order chi connectivity index (χ1) is 10.1. The number of nitrogens with zero attached hydrogens (tertiary/aromatic N) is 4. The van der Waals surface area contributed by atoms with Crippen LogP contribution in [0.15, 0.2) is 31.0 Å². The Morgan fingerprint density at radius 3 is 2.67 bits per heavy atom. The first kappa shape index (κ1) is 15.6. The lowest BCUT2D eigenvalue weighted by atomic mass is 9.90. The zero-order valence-corrected chi connectivity index (χ0v) is 13.1. The highest BCUT2D eigenvalue weighted by atomic mass is 16.5. The summed E-state index contributed by atoms with van der Waals surface area (Å²) in [5.74, 6) is 0.790. The molecule has 21 heavy (non-hydrogen) atoms. The number of unbranched alkanes of at least 4 members (excludes halogenated alkanes) is 1. The number of imidazole rings is 1. The van der Waals surface area contributed by atoms with Gasteiger partial charge in [-0.1, -0.05) is 27.2 Å². The summed E-state index contributed by atoms with van der Waals surface area (Å²) in [5.41, 5.74) is 1.17. The van der Waals surface area contributed by atoms with Crippen LogP contribution in [-0.2, 0) is 11.5 Å². The molecule has 0 atom stereocenters. The smallest absolute Gasteiger partial charge is 0.162 e. The molecule has 5 heteroatoms. The Morgan fingerprint density at radius 2 is 1.95 bits per heavy atom. The molecule has 0 aliphatic rings. The summed E-state index contributed by atoms with van der Waals surface area (Å²) < 4.78 is 7.68. The highest BCUT2D eigenvalue weighted by Crippen LogP contribution is 2.21. The molecule has 2 aromatic rings. The molecule has 0 N–H and O–H groups in total. The predicted octanol–water partition coefficient (Wildman–Crippen LogP) is 3.53. The Labute approximate surface area is 126 Å². The molecule has 0 aliphatic heterocycles. The normalized spacial score (nSPS) is 11.8. The molecule has 0 spiro atoms. The Kier molecular flexibility index (Phi) is 5.44. The summed E-state index contributed by atoms with van der Waals surface area (Å²) in [7, 11) is 0. The second-order valence-corrected chi connectivity index (χ2v) is 6.37. The molecule has 0 bridgehead atoms. The van der Waals surface area contributed by atoms with E-state index in [0.717, 1.165) is 24.5 Å². The lowest BCUT2D eigenvalue weighted by Crippen LogP contribution is -2.07.